The van der Waals surface area contributed by atoms with Gasteiger partial charge in [-0.25, -0.2) is 13.8 Å². The first-order valence-corrected chi connectivity index (χ1v) is 6.68. The topological polar surface area (TPSA) is 42.0 Å². The molecule has 1 aromatic carbocycles. The van der Waals surface area contributed by atoms with E-state index in [4.69, 9.17) is 0 Å². The molecule has 0 saturated heterocycles. The van der Waals surface area contributed by atoms with E-state index < -0.39 is 11.6 Å². The maximum atomic E-state index is 13.0. The highest BCUT2D eigenvalue weighted by Gasteiger charge is 2.06. The van der Waals surface area contributed by atoms with Gasteiger partial charge >= 0.3 is 0 Å². The molecule has 1 aromatic heterocycles. The number of aromatic nitrogens is 1. The van der Waals surface area contributed by atoms with Crippen LogP contribution in [0.4, 0.5) is 8.78 Å². The number of benzene rings is 1. The fraction of sp³-hybridized carbons (Fsp3) is 0.143. The van der Waals surface area contributed by atoms with Crippen molar-refractivity contribution in [2.24, 2.45) is 0 Å². The molecule has 0 aliphatic carbocycles. The molecule has 0 bridgehead atoms. The van der Waals surface area contributed by atoms with E-state index >= 15 is 0 Å². The summed E-state index contributed by atoms with van der Waals surface area (Å²) in [5.74, 6) is -1.52. The van der Waals surface area contributed by atoms with E-state index in [0.717, 1.165) is 6.07 Å². The van der Waals surface area contributed by atoms with E-state index in [0.29, 0.717) is 22.2 Å². The third kappa shape index (κ3) is 4.09. The van der Waals surface area contributed by atoms with Crippen LogP contribution in [0.15, 0.2) is 41.1 Å². The Labute approximate surface area is 123 Å². The molecule has 0 aliphatic heterocycles. The fourth-order valence-corrected chi connectivity index (χ4v) is 1.92. The average Bonchev–Trinajstić information content (AvgIpc) is 2.38. The molecule has 2 rings (SSSR count). The van der Waals surface area contributed by atoms with Gasteiger partial charge in [-0.05, 0) is 52.2 Å². The molecule has 1 heterocycles. The second kappa shape index (κ2) is 6.56. The number of nitrogens with zero attached hydrogens (tertiary/aromatic N) is 1. The maximum Gasteiger partial charge on any atom is 0.252 e. The number of hydrogen-bond acceptors (Lipinski definition) is 2. The monoisotopic (exact) mass is 340 g/mol. The number of rotatable bonds is 4. The lowest BCUT2D eigenvalue weighted by atomic mass is 10.1. The summed E-state index contributed by atoms with van der Waals surface area (Å²) in [6.07, 6.45) is 1.80. The molecule has 20 heavy (non-hydrogen) atoms. The van der Waals surface area contributed by atoms with Crippen molar-refractivity contribution in [3.05, 3.63) is 63.9 Å². The Hall–Kier alpha value is -1.82. The first kappa shape index (κ1) is 14.6. The molecule has 0 spiro atoms. The van der Waals surface area contributed by atoms with E-state index in [2.05, 4.69) is 26.2 Å². The van der Waals surface area contributed by atoms with Crippen molar-refractivity contribution in [2.75, 3.05) is 6.54 Å². The minimum Gasteiger partial charge on any atom is -0.352 e. The second-order valence-corrected chi connectivity index (χ2v) is 4.97. The van der Waals surface area contributed by atoms with Crippen LogP contribution in [0.2, 0.25) is 0 Å². The Kier molecular flexibility index (Phi) is 4.79. The van der Waals surface area contributed by atoms with Crippen molar-refractivity contribution >= 4 is 21.8 Å². The van der Waals surface area contributed by atoms with Gasteiger partial charge in [-0.15, -0.1) is 0 Å². The highest BCUT2D eigenvalue weighted by atomic mass is 79.9. The number of carbonyl (C=O) groups is 1. The number of nitrogens with one attached hydrogen (secondary N) is 1. The summed E-state index contributed by atoms with van der Waals surface area (Å²) >= 11 is 3.18. The number of carbonyl (C=O) groups excluding carboxylic acids is 1. The van der Waals surface area contributed by atoms with E-state index in [1.165, 1.54) is 18.3 Å². The van der Waals surface area contributed by atoms with Crippen LogP contribution in [0.25, 0.3) is 0 Å². The quantitative estimate of drug-likeness (QED) is 0.869. The van der Waals surface area contributed by atoms with Gasteiger partial charge < -0.3 is 5.32 Å². The Balaban J connectivity index is 1.89. The Morgan fingerprint density at radius 1 is 1.20 bits per heavy atom. The molecule has 104 valence electrons. The minimum absolute atomic E-state index is 0.276. The van der Waals surface area contributed by atoms with Gasteiger partial charge in [0.2, 0.25) is 0 Å². The van der Waals surface area contributed by atoms with Crippen LogP contribution in [0.1, 0.15) is 15.9 Å². The summed E-state index contributed by atoms with van der Waals surface area (Å²) in [5, 5.41) is 2.67. The molecule has 3 nitrogen and oxygen atoms in total. The lowest BCUT2D eigenvalue weighted by Gasteiger charge is -2.05. The van der Waals surface area contributed by atoms with E-state index in [9.17, 15) is 13.6 Å². The highest BCUT2D eigenvalue weighted by Crippen LogP contribution is 2.09. The zero-order chi connectivity index (χ0) is 14.5. The van der Waals surface area contributed by atoms with Crippen molar-refractivity contribution in [2.45, 2.75) is 6.42 Å². The second-order valence-electron chi connectivity index (χ2n) is 4.15. The van der Waals surface area contributed by atoms with Crippen molar-refractivity contribution in [1.82, 2.24) is 10.3 Å². The number of amides is 1. The molecular weight excluding hydrogens is 330 g/mol. The average molecular weight is 341 g/mol. The third-order valence-electron chi connectivity index (χ3n) is 2.61. The van der Waals surface area contributed by atoms with Crippen LogP contribution in [0.3, 0.4) is 0 Å². The van der Waals surface area contributed by atoms with Crippen LogP contribution in [-0.2, 0) is 6.42 Å². The van der Waals surface area contributed by atoms with Crippen LogP contribution < -0.4 is 5.32 Å². The lowest BCUT2D eigenvalue weighted by molar-refractivity contribution is 0.0954. The SMILES string of the molecule is O=C(NCCc1cc(F)cc(F)c1)c1ccc(Br)nc1. The van der Waals surface area contributed by atoms with E-state index in [-0.39, 0.29) is 12.5 Å². The van der Waals surface area contributed by atoms with Crippen molar-refractivity contribution in [1.29, 1.82) is 0 Å². The Morgan fingerprint density at radius 3 is 2.50 bits per heavy atom. The first-order valence-electron chi connectivity index (χ1n) is 5.89. The highest BCUT2D eigenvalue weighted by molar-refractivity contribution is 9.10. The molecule has 1 N–H and O–H groups in total. The van der Waals surface area contributed by atoms with E-state index in [1.54, 1.807) is 12.1 Å². The van der Waals surface area contributed by atoms with Crippen molar-refractivity contribution in [3.63, 3.8) is 0 Å². The largest absolute Gasteiger partial charge is 0.352 e. The minimum atomic E-state index is -0.622. The zero-order valence-electron chi connectivity index (χ0n) is 10.4. The van der Waals surface area contributed by atoms with Gasteiger partial charge in [0.15, 0.2) is 0 Å². The molecule has 0 radical (unpaired) electrons. The summed E-state index contributed by atoms with van der Waals surface area (Å²) in [5.41, 5.74) is 0.926. The number of pyridine rings is 1. The van der Waals surface area contributed by atoms with Crippen LogP contribution >= 0.6 is 15.9 Å². The van der Waals surface area contributed by atoms with Gasteiger partial charge in [0.05, 0.1) is 5.56 Å². The predicted molar refractivity (Wildman–Crippen MR) is 74.3 cm³/mol. The summed E-state index contributed by atoms with van der Waals surface area (Å²) in [6.45, 7) is 0.289. The summed E-state index contributed by atoms with van der Waals surface area (Å²) in [7, 11) is 0. The molecule has 0 aliphatic rings. The Bertz CT molecular complexity index is 597. The molecule has 0 unspecified atom stereocenters. The smallest absolute Gasteiger partial charge is 0.252 e. The van der Waals surface area contributed by atoms with Gasteiger partial charge in [0.1, 0.15) is 16.2 Å². The van der Waals surface area contributed by atoms with Gasteiger partial charge in [-0.3, -0.25) is 4.79 Å². The maximum absolute atomic E-state index is 13.0. The molecule has 0 atom stereocenters. The molecule has 1 amide bonds. The summed E-state index contributed by atoms with van der Waals surface area (Å²) < 4.78 is 26.6. The Morgan fingerprint density at radius 2 is 1.90 bits per heavy atom. The van der Waals surface area contributed by atoms with Crippen LogP contribution in [0, 0.1) is 11.6 Å². The predicted octanol–water partition coefficient (Wildman–Crippen LogP) is 3.09. The van der Waals surface area contributed by atoms with Crippen molar-refractivity contribution < 1.29 is 13.6 Å². The van der Waals surface area contributed by atoms with Gasteiger partial charge in [-0.2, -0.15) is 0 Å². The normalized spacial score (nSPS) is 10.3. The van der Waals surface area contributed by atoms with Crippen LogP contribution in [0.5, 0.6) is 0 Å². The fourth-order valence-electron chi connectivity index (χ4n) is 1.69. The number of hydrogen-bond donors (Lipinski definition) is 1. The van der Waals surface area contributed by atoms with Crippen LogP contribution in [-0.4, -0.2) is 17.4 Å². The standard InChI is InChI=1S/C14H11BrF2N2O/c15-13-2-1-10(8-19-13)14(20)18-4-3-9-5-11(16)7-12(17)6-9/h1-2,5-8H,3-4H2,(H,18,20). The molecule has 0 saturated carbocycles. The van der Waals surface area contributed by atoms with Gasteiger partial charge in [0, 0.05) is 18.8 Å². The molecule has 6 heteroatoms. The zero-order valence-corrected chi connectivity index (χ0v) is 12.0. The molecular formula is C14H11BrF2N2O. The van der Waals surface area contributed by atoms with Crippen molar-refractivity contribution in [3.8, 4) is 0 Å². The third-order valence-corrected chi connectivity index (χ3v) is 3.08. The number of halogens is 3. The summed E-state index contributed by atoms with van der Waals surface area (Å²) in [6, 6.07) is 6.60. The lowest BCUT2D eigenvalue weighted by Crippen LogP contribution is -2.25. The molecule has 2 aromatic rings. The van der Waals surface area contributed by atoms with E-state index in [1.807, 2.05) is 0 Å². The summed E-state index contributed by atoms with van der Waals surface area (Å²) in [4.78, 5) is 15.7. The molecule has 0 fully saturated rings. The van der Waals surface area contributed by atoms with Gasteiger partial charge in [-0.1, -0.05) is 0 Å². The first-order chi connectivity index (χ1) is 9.54. The van der Waals surface area contributed by atoms with Gasteiger partial charge in [0.25, 0.3) is 5.91 Å².